The number of aromatic carboxylic acids is 1. The average Bonchev–Trinajstić information content (AvgIpc) is 3.07. The summed E-state index contributed by atoms with van der Waals surface area (Å²) in [6.45, 7) is 15.0. The lowest BCUT2D eigenvalue weighted by Crippen LogP contribution is -2.47. The van der Waals surface area contributed by atoms with Gasteiger partial charge in [-0.05, 0) is 126 Å². The highest BCUT2D eigenvalue weighted by molar-refractivity contribution is 6.06. The fourth-order valence-corrected chi connectivity index (χ4v) is 6.22. The van der Waals surface area contributed by atoms with Crippen molar-refractivity contribution >= 4 is 29.7 Å². The number of rotatable bonds is 8. The number of carboxylic acid groups (broad SMARTS) is 1. The Labute approximate surface area is 299 Å². The number of aryl methyl sites for hydroxylation is 1. The number of phenols is 1. The van der Waals surface area contributed by atoms with Gasteiger partial charge in [0.25, 0.3) is 0 Å². The molecule has 3 aromatic rings. The highest BCUT2D eigenvalue weighted by Crippen LogP contribution is 2.40. The van der Waals surface area contributed by atoms with Crippen LogP contribution in [0, 0.1) is 68.1 Å². The number of ketones is 1. The van der Waals surface area contributed by atoms with Gasteiger partial charge in [-0.1, -0.05) is 0 Å². The number of aromatic hydroxyl groups is 1. The molecule has 1 aliphatic carbocycles. The maximum atomic E-state index is 15.8. The Kier molecular flexibility index (Phi) is 10.5. The zero-order chi connectivity index (χ0) is 39.3. The molecule has 3 N–H and O–H groups in total. The molecule has 0 fully saturated rings. The Morgan fingerprint density at radius 3 is 1.75 bits per heavy atom. The Morgan fingerprint density at radius 2 is 1.21 bits per heavy atom. The first-order valence-electron chi connectivity index (χ1n) is 15.9. The Morgan fingerprint density at radius 1 is 0.673 bits per heavy atom. The monoisotopic (exact) mass is 718 g/mol. The van der Waals surface area contributed by atoms with E-state index in [0.717, 1.165) is 26.2 Å². The number of hydrogen-bond acceptors (Lipinski definition) is 11. The van der Waals surface area contributed by atoms with Crippen LogP contribution in [0.3, 0.4) is 0 Å². The molecule has 12 nitrogen and oxygen atoms in total. The van der Waals surface area contributed by atoms with E-state index in [2.05, 4.69) is 0 Å². The Bertz CT molecular complexity index is 2130. The van der Waals surface area contributed by atoms with Gasteiger partial charge in [0, 0.05) is 17.2 Å². The molecule has 52 heavy (non-hydrogen) atoms. The van der Waals surface area contributed by atoms with E-state index >= 15 is 4.39 Å². The van der Waals surface area contributed by atoms with Crippen LogP contribution in [0.15, 0.2) is 29.6 Å². The predicted molar refractivity (Wildman–Crippen MR) is 185 cm³/mol. The Balaban J connectivity index is 1.66. The third-order valence-corrected chi connectivity index (χ3v) is 9.73. The number of benzene rings is 3. The number of methoxy groups -OCH3 is 1. The zero-order valence-corrected chi connectivity index (χ0v) is 30.6. The van der Waals surface area contributed by atoms with E-state index in [9.17, 15) is 39.3 Å². The number of carbonyl (C=O) groups is 5. The predicted octanol–water partition coefficient (Wildman–Crippen LogP) is 6.14. The molecule has 0 heterocycles. The second kappa shape index (κ2) is 14.1. The standard InChI is InChI=1S/C39H39FO12/c1-15-12-26(17(3)18(4)28(15)36(45)51-33-21(7)19(5)29(35(43)44)20(6)22(33)8)50-37(46)30-23(9)31(40)34(24(10)32(30)42)52-38(47)39(48)16(2)13-25(41)14-27(39)49-11/h12-14,42,48H,1-11H3,(H,43,44)/t39-/m1/s1. The SMILES string of the molecule is COC1=CC(=O)C=C(C)[C@]1(O)C(=O)Oc1c(C)c(O)c(C(=O)Oc2cc(C)c(C(=O)Oc3c(C)c(C)c(C(=O)O)c(C)c3C)c(C)c2C)c(C)c1F. The van der Waals surface area contributed by atoms with E-state index in [4.69, 9.17) is 18.9 Å². The molecule has 0 amide bonds. The van der Waals surface area contributed by atoms with Gasteiger partial charge in [0.2, 0.25) is 5.60 Å². The van der Waals surface area contributed by atoms with Gasteiger partial charge in [-0.2, -0.15) is 0 Å². The minimum Gasteiger partial charge on any atom is -0.507 e. The van der Waals surface area contributed by atoms with Crippen LogP contribution < -0.4 is 14.2 Å². The fourth-order valence-electron chi connectivity index (χ4n) is 6.22. The van der Waals surface area contributed by atoms with Crippen LogP contribution in [0.25, 0.3) is 0 Å². The second-order valence-electron chi connectivity index (χ2n) is 12.8. The number of ether oxygens (including phenoxy) is 4. The molecule has 0 radical (unpaired) electrons. The van der Waals surface area contributed by atoms with Crippen LogP contribution in [-0.4, -0.2) is 57.7 Å². The number of aliphatic hydroxyl groups is 1. The topological polar surface area (TPSA) is 183 Å². The van der Waals surface area contributed by atoms with Crippen LogP contribution in [0.5, 0.6) is 23.0 Å². The summed E-state index contributed by atoms with van der Waals surface area (Å²) in [5.74, 6) is -7.90. The molecule has 0 saturated heterocycles. The lowest BCUT2D eigenvalue weighted by atomic mass is 9.87. The minimum atomic E-state index is -2.57. The molecule has 3 aromatic carbocycles. The van der Waals surface area contributed by atoms with E-state index in [1.807, 2.05) is 0 Å². The van der Waals surface area contributed by atoms with Gasteiger partial charge in [-0.15, -0.1) is 0 Å². The summed E-state index contributed by atoms with van der Waals surface area (Å²) in [7, 11) is 1.12. The highest BCUT2D eigenvalue weighted by Gasteiger charge is 2.48. The molecule has 0 aromatic heterocycles. The average molecular weight is 719 g/mol. The van der Waals surface area contributed by atoms with E-state index in [1.165, 1.54) is 19.9 Å². The molecule has 0 unspecified atom stereocenters. The van der Waals surface area contributed by atoms with Crippen molar-refractivity contribution in [1.29, 1.82) is 0 Å². The van der Waals surface area contributed by atoms with E-state index < -0.39 is 69.5 Å². The van der Waals surface area contributed by atoms with Crippen LogP contribution >= 0.6 is 0 Å². The summed E-state index contributed by atoms with van der Waals surface area (Å²) in [6, 6.07) is 1.42. The number of halogens is 1. The number of hydrogen-bond donors (Lipinski definition) is 3. The van der Waals surface area contributed by atoms with Crippen molar-refractivity contribution in [3.8, 4) is 23.0 Å². The molecule has 1 aliphatic rings. The lowest BCUT2D eigenvalue weighted by Gasteiger charge is -2.30. The molecule has 13 heteroatoms. The third-order valence-electron chi connectivity index (χ3n) is 9.73. The quantitative estimate of drug-likeness (QED) is 0.179. The molecule has 0 bridgehead atoms. The van der Waals surface area contributed by atoms with Crippen LogP contribution in [0.1, 0.15) is 88.1 Å². The maximum Gasteiger partial charge on any atom is 0.356 e. The van der Waals surface area contributed by atoms with Crippen LogP contribution in [0.4, 0.5) is 4.39 Å². The van der Waals surface area contributed by atoms with Crippen molar-refractivity contribution in [3.63, 3.8) is 0 Å². The largest absolute Gasteiger partial charge is 0.507 e. The molecule has 0 aliphatic heterocycles. The molecule has 0 saturated carbocycles. The van der Waals surface area contributed by atoms with E-state index in [1.54, 1.807) is 48.5 Å². The molecule has 274 valence electrons. The summed E-state index contributed by atoms with van der Waals surface area (Å²) >= 11 is 0. The second-order valence-corrected chi connectivity index (χ2v) is 12.8. The van der Waals surface area contributed by atoms with Gasteiger partial charge < -0.3 is 34.3 Å². The van der Waals surface area contributed by atoms with Gasteiger partial charge in [0.05, 0.1) is 18.2 Å². The summed E-state index contributed by atoms with van der Waals surface area (Å²) in [4.78, 5) is 64.0. The highest BCUT2D eigenvalue weighted by atomic mass is 19.1. The first-order chi connectivity index (χ1) is 24.1. The van der Waals surface area contributed by atoms with Crippen molar-refractivity contribution in [1.82, 2.24) is 0 Å². The van der Waals surface area contributed by atoms with Crippen molar-refractivity contribution in [2.45, 2.75) is 74.8 Å². The first-order valence-corrected chi connectivity index (χ1v) is 15.9. The minimum absolute atomic E-state index is 0.00369. The smallest absolute Gasteiger partial charge is 0.356 e. The van der Waals surface area contributed by atoms with Crippen molar-refractivity contribution in [2.75, 3.05) is 7.11 Å². The van der Waals surface area contributed by atoms with Crippen molar-refractivity contribution in [2.24, 2.45) is 0 Å². The third kappa shape index (κ3) is 6.32. The molecule has 0 spiro atoms. The summed E-state index contributed by atoms with van der Waals surface area (Å²) < 4.78 is 37.5. The number of esters is 3. The number of phenolic OH excluding ortho intramolecular Hbond substituents is 1. The molecule has 4 rings (SSSR count). The first kappa shape index (κ1) is 39.0. The number of carboxylic acids is 1. The zero-order valence-electron chi connectivity index (χ0n) is 30.6. The van der Waals surface area contributed by atoms with Crippen LogP contribution in [-0.2, 0) is 14.3 Å². The summed E-state index contributed by atoms with van der Waals surface area (Å²) in [5, 5.41) is 31.9. The van der Waals surface area contributed by atoms with Gasteiger partial charge >= 0.3 is 23.9 Å². The van der Waals surface area contributed by atoms with Gasteiger partial charge in [0.15, 0.2) is 17.3 Å². The maximum absolute atomic E-state index is 15.8. The van der Waals surface area contributed by atoms with Crippen molar-refractivity contribution in [3.05, 3.63) is 102 Å². The molecular formula is C39H39FO12. The molecular weight excluding hydrogens is 679 g/mol. The van der Waals surface area contributed by atoms with Crippen molar-refractivity contribution < 1.29 is 62.6 Å². The van der Waals surface area contributed by atoms with Gasteiger partial charge in [0.1, 0.15) is 28.6 Å². The van der Waals surface area contributed by atoms with Gasteiger partial charge in [-0.25, -0.2) is 23.6 Å². The van der Waals surface area contributed by atoms with E-state index in [0.29, 0.717) is 38.9 Å². The van der Waals surface area contributed by atoms with Crippen LogP contribution in [0.2, 0.25) is 0 Å². The summed E-state index contributed by atoms with van der Waals surface area (Å²) in [5.41, 5.74) is -0.723. The number of carbonyl (C=O) groups excluding carboxylic acids is 4. The molecule has 1 atom stereocenters. The van der Waals surface area contributed by atoms with E-state index in [-0.39, 0.29) is 33.8 Å². The van der Waals surface area contributed by atoms with Gasteiger partial charge in [-0.3, -0.25) is 4.79 Å². The fraction of sp³-hybridized carbons (Fsp3) is 0.308. The Hall–Kier alpha value is -5.82. The summed E-state index contributed by atoms with van der Waals surface area (Å²) in [6.07, 6.45) is 1.87. The lowest BCUT2D eigenvalue weighted by molar-refractivity contribution is -0.151. The number of allylic oxidation sites excluding steroid dienone is 2. The normalized spacial score (nSPS) is 15.4.